The molecule has 3 aromatic carbocycles. The van der Waals surface area contributed by atoms with E-state index in [9.17, 15) is 9.59 Å². The fourth-order valence-electron chi connectivity index (χ4n) is 3.86. The number of pyridine rings is 1. The highest BCUT2D eigenvalue weighted by Gasteiger charge is 2.28. The molecule has 0 unspecified atom stereocenters. The van der Waals surface area contributed by atoms with Crippen LogP contribution in [0.2, 0.25) is 0 Å². The van der Waals surface area contributed by atoms with E-state index in [1.807, 2.05) is 48.5 Å². The minimum atomic E-state index is -0.200. The van der Waals surface area contributed by atoms with Crippen LogP contribution in [0, 0.1) is 0 Å². The average molecular weight is 353 g/mol. The highest BCUT2D eigenvalue weighted by Crippen LogP contribution is 2.42. The standard InChI is InChI=1S/C23H15NO3/c1-27-14-11-9-13(10-12-14)21-20-15-5-2-3-6-16(15)22(25)17-7-4-8-18(19(17)20)23(26)24-21/h2-12H,1H3,(H,24,26). The van der Waals surface area contributed by atoms with Crippen molar-refractivity contribution in [2.45, 2.75) is 0 Å². The molecule has 5 rings (SSSR count). The van der Waals surface area contributed by atoms with Gasteiger partial charge >= 0.3 is 0 Å². The normalized spacial score (nSPS) is 12.1. The van der Waals surface area contributed by atoms with Gasteiger partial charge in [0.15, 0.2) is 5.78 Å². The summed E-state index contributed by atoms with van der Waals surface area (Å²) in [6.45, 7) is 0. The lowest BCUT2D eigenvalue weighted by Gasteiger charge is -2.22. The number of fused-ring (bicyclic) bond motifs is 2. The molecule has 4 nitrogen and oxygen atoms in total. The second kappa shape index (κ2) is 5.68. The maximum atomic E-state index is 13.0. The molecule has 1 N–H and O–H groups in total. The van der Waals surface area contributed by atoms with Crippen molar-refractivity contribution in [2.24, 2.45) is 0 Å². The Balaban J connectivity index is 1.96. The zero-order valence-electron chi connectivity index (χ0n) is 14.6. The van der Waals surface area contributed by atoms with Crippen molar-refractivity contribution < 1.29 is 9.53 Å². The molecule has 1 heterocycles. The van der Waals surface area contributed by atoms with Crippen molar-refractivity contribution in [1.29, 1.82) is 0 Å². The number of ketones is 1. The van der Waals surface area contributed by atoms with Crippen LogP contribution in [0.3, 0.4) is 0 Å². The topological polar surface area (TPSA) is 59.2 Å². The summed E-state index contributed by atoms with van der Waals surface area (Å²) < 4.78 is 5.24. The second-order valence-electron chi connectivity index (χ2n) is 6.54. The van der Waals surface area contributed by atoms with Gasteiger partial charge in [-0.15, -0.1) is 0 Å². The van der Waals surface area contributed by atoms with Crippen molar-refractivity contribution >= 4 is 16.6 Å². The van der Waals surface area contributed by atoms with Crippen LogP contribution in [-0.2, 0) is 0 Å². The van der Waals surface area contributed by atoms with Gasteiger partial charge in [0.1, 0.15) is 5.75 Å². The summed E-state index contributed by atoms with van der Waals surface area (Å²) in [6.07, 6.45) is 0. The monoisotopic (exact) mass is 353 g/mol. The Morgan fingerprint density at radius 1 is 0.778 bits per heavy atom. The third-order valence-electron chi connectivity index (χ3n) is 5.11. The lowest BCUT2D eigenvalue weighted by atomic mass is 9.81. The summed E-state index contributed by atoms with van der Waals surface area (Å²) in [6, 6.07) is 20.4. The molecule has 130 valence electrons. The summed E-state index contributed by atoms with van der Waals surface area (Å²) in [4.78, 5) is 28.8. The van der Waals surface area contributed by atoms with Crippen LogP contribution in [0.4, 0.5) is 0 Å². The van der Waals surface area contributed by atoms with E-state index in [1.165, 1.54) is 0 Å². The van der Waals surface area contributed by atoms with E-state index >= 15 is 0 Å². The van der Waals surface area contributed by atoms with Gasteiger partial charge in [-0.1, -0.05) is 36.4 Å². The van der Waals surface area contributed by atoms with Gasteiger partial charge in [-0.2, -0.15) is 0 Å². The summed E-state index contributed by atoms with van der Waals surface area (Å²) in [5.74, 6) is 0.696. The number of aromatic nitrogens is 1. The van der Waals surface area contributed by atoms with E-state index in [0.717, 1.165) is 27.8 Å². The summed E-state index contributed by atoms with van der Waals surface area (Å²) in [5.41, 5.74) is 4.33. The maximum Gasteiger partial charge on any atom is 0.256 e. The zero-order valence-corrected chi connectivity index (χ0v) is 14.6. The van der Waals surface area contributed by atoms with Crippen LogP contribution in [0.25, 0.3) is 33.2 Å². The molecule has 0 atom stereocenters. The number of hydrogen-bond donors (Lipinski definition) is 1. The highest BCUT2D eigenvalue weighted by molar-refractivity contribution is 6.27. The predicted octanol–water partition coefficient (Wildman–Crippen LogP) is 4.42. The van der Waals surface area contributed by atoms with Gasteiger partial charge in [0.2, 0.25) is 0 Å². The summed E-state index contributed by atoms with van der Waals surface area (Å²) >= 11 is 0. The van der Waals surface area contributed by atoms with Crippen molar-refractivity contribution in [3.63, 3.8) is 0 Å². The molecular formula is C23H15NO3. The molecule has 1 aliphatic carbocycles. The van der Waals surface area contributed by atoms with E-state index in [2.05, 4.69) is 4.98 Å². The van der Waals surface area contributed by atoms with Gasteiger partial charge in [-0.3, -0.25) is 9.59 Å². The van der Waals surface area contributed by atoms with Crippen LogP contribution >= 0.6 is 0 Å². The van der Waals surface area contributed by atoms with Gasteiger partial charge in [-0.25, -0.2) is 0 Å². The van der Waals surface area contributed by atoms with Crippen molar-refractivity contribution in [2.75, 3.05) is 7.11 Å². The predicted molar refractivity (Wildman–Crippen MR) is 105 cm³/mol. The Kier molecular flexibility index (Phi) is 3.28. The Labute approximate surface area is 155 Å². The number of rotatable bonds is 2. The first-order chi connectivity index (χ1) is 13.2. The molecular weight excluding hydrogens is 338 g/mol. The highest BCUT2D eigenvalue weighted by atomic mass is 16.5. The smallest absolute Gasteiger partial charge is 0.256 e. The maximum absolute atomic E-state index is 13.0. The summed E-state index contributed by atoms with van der Waals surface area (Å²) in [7, 11) is 1.62. The number of carbonyl (C=O) groups is 1. The van der Waals surface area contributed by atoms with Crippen molar-refractivity contribution in [1.82, 2.24) is 4.98 Å². The van der Waals surface area contributed by atoms with Crippen LogP contribution in [-0.4, -0.2) is 17.9 Å². The lowest BCUT2D eigenvalue weighted by molar-refractivity contribution is 0.104. The van der Waals surface area contributed by atoms with E-state index in [1.54, 1.807) is 25.3 Å². The molecule has 0 fully saturated rings. The molecule has 1 aliphatic rings. The number of carbonyl (C=O) groups excluding carboxylic acids is 1. The molecule has 0 bridgehead atoms. The SMILES string of the molecule is COc1ccc(-c2[nH]c(=O)c3cccc4c3c2-c2ccccc2C4=O)cc1. The van der Waals surface area contributed by atoms with Crippen molar-refractivity contribution in [3.05, 3.63) is 88.2 Å². The molecule has 0 amide bonds. The third kappa shape index (κ3) is 2.16. The number of hydrogen-bond acceptors (Lipinski definition) is 3. The largest absolute Gasteiger partial charge is 0.497 e. The van der Waals surface area contributed by atoms with Gasteiger partial charge in [-0.05, 0) is 41.5 Å². The lowest BCUT2D eigenvalue weighted by Crippen LogP contribution is -2.16. The minimum Gasteiger partial charge on any atom is -0.497 e. The fourth-order valence-corrected chi connectivity index (χ4v) is 3.86. The molecule has 4 aromatic rings. The zero-order chi connectivity index (χ0) is 18.5. The van der Waals surface area contributed by atoms with E-state index in [-0.39, 0.29) is 11.3 Å². The molecule has 0 saturated heterocycles. The molecule has 4 heteroatoms. The number of methoxy groups -OCH3 is 1. The Morgan fingerprint density at radius 2 is 1.48 bits per heavy atom. The van der Waals surface area contributed by atoms with Gasteiger partial charge in [0, 0.05) is 27.5 Å². The van der Waals surface area contributed by atoms with Gasteiger partial charge in [0.25, 0.3) is 5.56 Å². The minimum absolute atomic E-state index is 0.0463. The van der Waals surface area contributed by atoms with E-state index < -0.39 is 0 Å². The number of benzene rings is 3. The molecule has 0 spiro atoms. The van der Waals surface area contributed by atoms with E-state index in [0.29, 0.717) is 22.2 Å². The second-order valence-corrected chi connectivity index (χ2v) is 6.54. The first kappa shape index (κ1) is 15.6. The van der Waals surface area contributed by atoms with Gasteiger partial charge < -0.3 is 9.72 Å². The number of aromatic amines is 1. The third-order valence-corrected chi connectivity index (χ3v) is 5.11. The fraction of sp³-hybridized carbons (Fsp3) is 0.0435. The quantitative estimate of drug-likeness (QED) is 0.511. The molecule has 1 aromatic heterocycles. The first-order valence-electron chi connectivity index (χ1n) is 8.66. The number of nitrogens with one attached hydrogen (secondary N) is 1. The van der Waals surface area contributed by atoms with Crippen LogP contribution in [0.1, 0.15) is 15.9 Å². The van der Waals surface area contributed by atoms with Crippen LogP contribution in [0.15, 0.2) is 71.5 Å². The van der Waals surface area contributed by atoms with Crippen LogP contribution < -0.4 is 10.3 Å². The summed E-state index contributed by atoms with van der Waals surface area (Å²) in [5, 5.41) is 1.25. The van der Waals surface area contributed by atoms with Crippen LogP contribution in [0.5, 0.6) is 5.75 Å². The van der Waals surface area contributed by atoms with Crippen molar-refractivity contribution in [3.8, 4) is 28.1 Å². The number of ether oxygens (including phenoxy) is 1. The Hall–Kier alpha value is -3.66. The van der Waals surface area contributed by atoms with E-state index in [4.69, 9.17) is 4.74 Å². The average Bonchev–Trinajstić information content (AvgIpc) is 2.72. The molecule has 0 aliphatic heterocycles. The molecule has 0 saturated carbocycles. The molecule has 27 heavy (non-hydrogen) atoms. The first-order valence-corrected chi connectivity index (χ1v) is 8.66. The number of H-pyrrole nitrogens is 1. The van der Waals surface area contributed by atoms with Gasteiger partial charge in [0.05, 0.1) is 12.8 Å². The Bertz CT molecular complexity index is 1280. The molecule has 0 radical (unpaired) electrons. The Morgan fingerprint density at radius 3 is 2.22 bits per heavy atom.